The standard InChI is InChI=1S/C19H21BrN2O4/c1-11(2)14-9-15(20)12(3)8-18(14)26-10-19(23)21-16-6-5-7-17(13(16)4)22(24)25/h5-9,11H,10H2,1-4H3,(H,21,23). The molecule has 0 spiro atoms. The van der Waals surface area contributed by atoms with Crippen molar-refractivity contribution in [2.45, 2.75) is 33.6 Å². The van der Waals surface area contributed by atoms with Gasteiger partial charge in [0.25, 0.3) is 11.6 Å². The van der Waals surface area contributed by atoms with Crippen LogP contribution in [0.3, 0.4) is 0 Å². The van der Waals surface area contributed by atoms with Crippen molar-refractivity contribution < 1.29 is 14.5 Å². The highest BCUT2D eigenvalue weighted by atomic mass is 79.9. The summed E-state index contributed by atoms with van der Waals surface area (Å²) in [6.45, 7) is 7.48. The second kappa shape index (κ2) is 8.31. The molecule has 0 aliphatic rings. The van der Waals surface area contributed by atoms with Gasteiger partial charge in [0.1, 0.15) is 5.75 Å². The van der Waals surface area contributed by atoms with E-state index in [0.717, 1.165) is 15.6 Å². The highest BCUT2D eigenvalue weighted by molar-refractivity contribution is 9.10. The highest BCUT2D eigenvalue weighted by Crippen LogP contribution is 2.32. The Labute approximate surface area is 160 Å². The fourth-order valence-electron chi connectivity index (χ4n) is 2.53. The van der Waals surface area contributed by atoms with Gasteiger partial charge in [-0.2, -0.15) is 0 Å². The largest absolute Gasteiger partial charge is 0.483 e. The zero-order chi connectivity index (χ0) is 19.4. The van der Waals surface area contributed by atoms with Crippen LogP contribution in [0.25, 0.3) is 0 Å². The zero-order valence-corrected chi connectivity index (χ0v) is 16.7. The minimum Gasteiger partial charge on any atom is -0.483 e. The Morgan fingerprint density at radius 1 is 1.31 bits per heavy atom. The van der Waals surface area contributed by atoms with E-state index in [2.05, 4.69) is 35.1 Å². The summed E-state index contributed by atoms with van der Waals surface area (Å²) in [5, 5.41) is 13.7. The molecular formula is C19H21BrN2O4. The van der Waals surface area contributed by atoms with Crippen molar-refractivity contribution in [3.8, 4) is 5.75 Å². The van der Waals surface area contributed by atoms with Crippen LogP contribution in [0, 0.1) is 24.0 Å². The van der Waals surface area contributed by atoms with E-state index in [0.29, 0.717) is 17.0 Å². The van der Waals surface area contributed by atoms with Crippen LogP contribution in [0.2, 0.25) is 0 Å². The molecule has 0 bridgehead atoms. The van der Waals surface area contributed by atoms with Gasteiger partial charge >= 0.3 is 0 Å². The van der Waals surface area contributed by atoms with Crippen LogP contribution in [0.1, 0.15) is 36.5 Å². The van der Waals surface area contributed by atoms with E-state index >= 15 is 0 Å². The molecule has 7 heteroatoms. The maximum atomic E-state index is 12.2. The highest BCUT2D eigenvalue weighted by Gasteiger charge is 2.16. The third-order valence-corrected chi connectivity index (χ3v) is 4.90. The molecule has 138 valence electrons. The molecule has 2 aromatic carbocycles. The van der Waals surface area contributed by atoms with Crippen LogP contribution >= 0.6 is 15.9 Å². The van der Waals surface area contributed by atoms with Crippen LogP contribution in [0.4, 0.5) is 11.4 Å². The number of ether oxygens (including phenoxy) is 1. The van der Waals surface area contributed by atoms with Gasteiger partial charge < -0.3 is 10.1 Å². The predicted octanol–water partition coefficient (Wildman–Crippen LogP) is 5.12. The average Bonchev–Trinajstić information content (AvgIpc) is 2.57. The van der Waals surface area contributed by atoms with Gasteiger partial charge in [-0.1, -0.05) is 35.8 Å². The van der Waals surface area contributed by atoms with E-state index in [4.69, 9.17) is 4.74 Å². The number of hydrogen-bond acceptors (Lipinski definition) is 4. The number of nitrogens with zero attached hydrogens (tertiary/aromatic N) is 1. The molecule has 2 aromatic rings. The zero-order valence-electron chi connectivity index (χ0n) is 15.1. The summed E-state index contributed by atoms with van der Waals surface area (Å²) in [4.78, 5) is 22.8. The van der Waals surface area contributed by atoms with Gasteiger partial charge in [-0.25, -0.2) is 0 Å². The monoisotopic (exact) mass is 420 g/mol. The number of carbonyl (C=O) groups is 1. The molecule has 0 saturated carbocycles. The van der Waals surface area contributed by atoms with Crippen molar-refractivity contribution >= 4 is 33.2 Å². The number of nitro groups is 1. The van der Waals surface area contributed by atoms with Crippen LogP contribution < -0.4 is 10.1 Å². The number of rotatable bonds is 6. The van der Waals surface area contributed by atoms with Crippen molar-refractivity contribution in [1.82, 2.24) is 0 Å². The van der Waals surface area contributed by atoms with Crippen molar-refractivity contribution in [2.24, 2.45) is 0 Å². The third-order valence-electron chi connectivity index (χ3n) is 4.05. The minimum absolute atomic E-state index is 0.0330. The molecule has 0 unspecified atom stereocenters. The minimum atomic E-state index is -0.471. The van der Waals surface area contributed by atoms with Gasteiger partial charge in [-0.05, 0) is 49.1 Å². The number of hydrogen-bond donors (Lipinski definition) is 1. The van der Waals surface area contributed by atoms with Crippen LogP contribution in [-0.4, -0.2) is 17.4 Å². The van der Waals surface area contributed by atoms with Crippen molar-refractivity contribution in [1.29, 1.82) is 0 Å². The number of anilines is 1. The van der Waals surface area contributed by atoms with Gasteiger partial charge in [0.05, 0.1) is 16.2 Å². The smallest absolute Gasteiger partial charge is 0.274 e. The molecule has 1 N–H and O–H groups in total. The molecule has 0 aromatic heterocycles. The quantitative estimate of drug-likeness (QED) is 0.519. The molecule has 2 rings (SSSR count). The summed E-state index contributed by atoms with van der Waals surface area (Å²) in [7, 11) is 0. The lowest BCUT2D eigenvalue weighted by molar-refractivity contribution is -0.385. The number of halogens is 1. The molecule has 0 saturated heterocycles. The number of nitrogens with one attached hydrogen (secondary N) is 1. The molecule has 0 aliphatic carbocycles. The Hall–Kier alpha value is -2.41. The average molecular weight is 421 g/mol. The lowest BCUT2D eigenvalue weighted by atomic mass is 10.0. The first-order valence-corrected chi connectivity index (χ1v) is 8.96. The van der Waals surface area contributed by atoms with Gasteiger partial charge in [0.2, 0.25) is 0 Å². The van der Waals surface area contributed by atoms with Crippen molar-refractivity contribution in [2.75, 3.05) is 11.9 Å². The fourth-order valence-corrected chi connectivity index (χ4v) is 2.89. The maximum absolute atomic E-state index is 12.2. The molecule has 0 aliphatic heterocycles. The molecule has 0 heterocycles. The van der Waals surface area contributed by atoms with Crippen LogP contribution in [0.5, 0.6) is 5.75 Å². The summed E-state index contributed by atoms with van der Waals surface area (Å²) in [6.07, 6.45) is 0. The Kier molecular flexibility index (Phi) is 6.37. The Morgan fingerprint density at radius 2 is 2.00 bits per heavy atom. The normalized spacial score (nSPS) is 10.7. The Bertz CT molecular complexity index is 850. The first-order valence-electron chi connectivity index (χ1n) is 8.17. The Morgan fingerprint density at radius 3 is 2.62 bits per heavy atom. The van der Waals surface area contributed by atoms with E-state index in [9.17, 15) is 14.9 Å². The SMILES string of the molecule is Cc1cc(OCC(=O)Nc2cccc([N+](=O)[O-])c2C)c(C(C)C)cc1Br. The molecule has 6 nitrogen and oxygen atoms in total. The first kappa shape index (κ1) is 19.9. The van der Waals surface area contributed by atoms with Gasteiger partial charge in [-0.3, -0.25) is 14.9 Å². The number of aryl methyl sites for hydroxylation is 1. The predicted molar refractivity (Wildman–Crippen MR) is 105 cm³/mol. The summed E-state index contributed by atoms with van der Waals surface area (Å²) in [6, 6.07) is 8.46. The van der Waals surface area contributed by atoms with Crippen molar-refractivity contribution in [3.05, 3.63) is 61.6 Å². The first-order chi connectivity index (χ1) is 12.2. The van der Waals surface area contributed by atoms with E-state index in [1.807, 2.05) is 19.1 Å². The second-order valence-electron chi connectivity index (χ2n) is 6.34. The maximum Gasteiger partial charge on any atom is 0.274 e. The molecular weight excluding hydrogens is 400 g/mol. The lowest BCUT2D eigenvalue weighted by Gasteiger charge is -2.16. The van der Waals surface area contributed by atoms with Crippen LogP contribution in [0.15, 0.2) is 34.8 Å². The third kappa shape index (κ3) is 4.60. The van der Waals surface area contributed by atoms with E-state index < -0.39 is 4.92 Å². The van der Waals surface area contributed by atoms with Crippen molar-refractivity contribution in [3.63, 3.8) is 0 Å². The lowest BCUT2D eigenvalue weighted by Crippen LogP contribution is -2.21. The molecule has 1 amide bonds. The van der Waals surface area contributed by atoms with Crippen LogP contribution in [-0.2, 0) is 4.79 Å². The van der Waals surface area contributed by atoms with E-state index in [-0.39, 0.29) is 24.1 Å². The summed E-state index contributed by atoms with van der Waals surface area (Å²) in [5.74, 6) is 0.527. The summed E-state index contributed by atoms with van der Waals surface area (Å²) < 4.78 is 6.71. The second-order valence-corrected chi connectivity index (χ2v) is 7.19. The number of nitro benzene ring substituents is 1. The summed E-state index contributed by atoms with van der Waals surface area (Å²) in [5.41, 5.74) is 2.80. The summed E-state index contributed by atoms with van der Waals surface area (Å²) >= 11 is 3.51. The number of carbonyl (C=O) groups excluding carboxylic acids is 1. The topological polar surface area (TPSA) is 81.5 Å². The van der Waals surface area contributed by atoms with Gasteiger partial charge in [0, 0.05) is 10.5 Å². The van der Waals surface area contributed by atoms with Gasteiger partial charge in [0.15, 0.2) is 6.61 Å². The molecule has 26 heavy (non-hydrogen) atoms. The van der Waals surface area contributed by atoms with Gasteiger partial charge in [-0.15, -0.1) is 0 Å². The number of benzene rings is 2. The number of amides is 1. The molecule has 0 fully saturated rings. The molecule has 0 atom stereocenters. The molecule has 0 radical (unpaired) electrons. The fraction of sp³-hybridized carbons (Fsp3) is 0.316. The van der Waals surface area contributed by atoms with E-state index in [1.165, 1.54) is 12.1 Å². The van der Waals surface area contributed by atoms with E-state index in [1.54, 1.807) is 13.0 Å². The Balaban J connectivity index is 2.12.